The molecule has 29 heavy (non-hydrogen) atoms. The minimum Gasteiger partial charge on any atom is -0.444 e. The van der Waals surface area contributed by atoms with Gasteiger partial charge in [0.2, 0.25) is 0 Å². The number of pyridine rings is 1. The Morgan fingerprint density at radius 1 is 1.21 bits per heavy atom. The molecular weight excluding hydrogens is 368 g/mol. The second-order valence-corrected chi connectivity index (χ2v) is 8.05. The van der Waals surface area contributed by atoms with Crippen LogP contribution in [0.2, 0.25) is 0 Å². The molecule has 1 atom stereocenters. The van der Waals surface area contributed by atoms with Gasteiger partial charge in [0.05, 0.1) is 36.2 Å². The third kappa shape index (κ3) is 5.44. The van der Waals surface area contributed by atoms with Crippen LogP contribution in [-0.4, -0.2) is 46.0 Å². The van der Waals surface area contributed by atoms with E-state index in [0.29, 0.717) is 19.8 Å². The van der Waals surface area contributed by atoms with E-state index in [1.165, 1.54) is 0 Å². The Bertz CT molecular complexity index is 961. The Morgan fingerprint density at radius 2 is 2.00 bits per heavy atom. The topological polar surface area (TPSA) is 78.3 Å². The highest BCUT2D eigenvalue weighted by Gasteiger charge is 2.18. The molecule has 0 saturated heterocycles. The van der Waals surface area contributed by atoms with E-state index in [1.807, 2.05) is 58.4 Å². The quantitative estimate of drug-likeness (QED) is 0.567. The van der Waals surface area contributed by atoms with Crippen molar-refractivity contribution in [2.24, 2.45) is 0 Å². The number of fused-ring (bicyclic) bond motifs is 3. The number of hydrogen-bond donors (Lipinski definition) is 1. The number of amides is 1. The van der Waals surface area contributed by atoms with Crippen LogP contribution in [0, 0.1) is 0 Å². The maximum atomic E-state index is 11.8. The van der Waals surface area contributed by atoms with E-state index >= 15 is 0 Å². The number of imidazole rings is 1. The summed E-state index contributed by atoms with van der Waals surface area (Å²) in [5.74, 6) is 0. The number of nitrogens with zero attached hydrogens (tertiary/aromatic N) is 3. The SMILES string of the molecule is CCOC[C@H](CCCNC(=O)OC(C)(C)C)n1cnc2cnc3ccccc3c21. The molecule has 7 heteroatoms. The highest BCUT2D eigenvalue weighted by molar-refractivity contribution is 6.01. The van der Waals surface area contributed by atoms with Crippen molar-refractivity contribution < 1.29 is 14.3 Å². The van der Waals surface area contributed by atoms with Gasteiger partial charge in [-0.05, 0) is 46.6 Å². The Balaban J connectivity index is 1.74. The molecule has 1 amide bonds. The van der Waals surface area contributed by atoms with Gasteiger partial charge >= 0.3 is 6.09 Å². The fourth-order valence-electron chi connectivity index (χ4n) is 3.34. The standard InChI is InChI=1S/C22H30N4O3/c1-5-28-14-16(9-8-12-23-21(27)29-22(2,3)4)26-15-25-19-13-24-18-11-7-6-10-17(18)20(19)26/h6-7,10-11,13,15-16H,5,8-9,12,14H2,1-4H3,(H,23,27)/t16-/m0/s1. The smallest absolute Gasteiger partial charge is 0.407 e. The first-order valence-corrected chi connectivity index (χ1v) is 10.1. The molecule has 0 fully saturated rings. The van der Waals surface area contributed by atoms with Crippen molar-refractivity contribution in [3.63, 3.8) is 0 Å². The van der Waals surface area contributed by atoms with Crippen LogP contribution >= 0.6 is 0 Å². The summed E-state index contributed by atoms with van der Waals surface area (Å²) in [5, 5.41) is 3.91. The number of carbonyl (C=O) groups excluding carboxylic acids is 1. The summed E-state index contributed by atoms with van der Waals surface area (Å²) in [6, 6.07) is 8.20. The normalized spacial score (nSPS) is 13.0. The fourth-order valence-corrected chi connectivity index (χ4v) is 3.34. The summed E-state index contributed by atoms with van der Waals surface area (Å²) in [4.78, 5) is 20.9. The van der Waals surface area contributed by atoms with E-state index in [1.54, 1.807) is 0 Å². The van der Waals surface area contributed by atoms with Crippen molar-refractivity contribution in [2.75, 3.05) is 19.8 Å². The third-order valence-electron chi connectivity index (χ3n) is 4.60. The zero-order chi connectivity index (χ0) is 20.9. The molecule has 0 bridgehead atoms. The Morgan fingerprint density at radius 3 is 2.76 bits per heavy atom. The van der Waals surface area contributed by atoms with E-state index < -0.39 is 5.60 Å². The lowest BCUT2D eigenvalue weighted by molar-refractivity contribution is 0.0525. The van der Waals surface area contributed by atoms with Crippen LogP contribution < -0.4 is 5.32 Å². The molecule has 0 spiro atoms. The first-order valence-electron chi connectivity index (χ1n) is 10.1. The molecule has 2 heterocycles. The molecule has 0 aliphatic rings. The lowest BCUT2D eigenvalue weighted by Crippen LogP contribution is -2.33. The third-order valence-corrected chi connectivity index (χ3v) is 4.60. The number of ether oxygens (including phenoxy) is 2. The van der Waals surface area contributed by atoms with Crippen molar-refractivity contribution >= 4 is 28.0 Å². The van der Waals surface area contributed by atoms with E-state index in [9.17, 15) is 4.79 Å². The number of aromatic nitrogens is 3. The zero-order valence-corrected chi connectivity index (χ0v) is 17.6. The van der Waals surface area contributed by atoms with E-state index in [0.717, 1.165) is 34.8 Å². The van der Waals surface area contributed by atoms with E-state index in [4.69, 9.17) is 9.47 Å². The van der Waals surface area contributed by atoms with Gasteiger partial charge in [0.25, 0.3) is 0 Å². The highest BCUT2D eigenvalue weighted by atomic mass is 16.6. The minimum atomic E-state index is -0.494. The Hall–Kier alpha value is -2.67. The first-order chi connectivity index (χ1) is 13.9. The van der Waals surface area contributed by atoms with Crippen LogP contribution in [0.1, 0.15) is 46.6 Å². The number of carbonyl (C=O) groups is 1. The van der Waals surface area contributed by atoms with Gasteiger partial charge in [-0.1, -0.05) is 18.2 Å². The summed E-state index contributed by atoms with van der Waals surface area (Å²) in [6.45, 7) is 9.35. The molecule has 3 rings (SSSR count). The second kappa shape index (κ2) is 9.22. The molecule has 0 radical (unpaired) electrons. The van der Waals surface area contributed by atoms with Gasteiger partial charge < -0.3 is 19.4 Å². The summed E-state index contributed by atoms with van der Waals surface area (Å²) in [7, 11) is 0. The van der Waals surface area contributed by atoms with Gasteiger partial charge in [0.15, 0.2) is 0 Å². The molecule has 3 aromatic rings. The average molecular weight is 399 g/mol. The van der Waals surface area contributed by atoms with Crippen LogP contribution in [-0.2, 0) is 9.47 Å². The summed E-state index contributed by atoms with van der Waals surface area (Å²) < 4.78 is 13.2. The molecule has 1 aromatic carbocycles. The minimum absolute atomic E-state index is 0.117. The van der Waals surface area contributed by atoms with Crippen molar-refractivity contribution in [3.05, 3.63) is 36.8 Å². The van der Waals surface area contributed by atoms with Gasteiger partial charge in [0, 0.05) is 18.5 Å². The predicted octanol–water partition coefficient (Wildman–Crippen LogP) is 4.47. The predicted molar refractivity (Wildman–Crippen MR) is 114 cm³/mol. The number of rotatable bonds is 8. The van der Waals surface area contributed by atoms with Crippen LogP contribution in [0.15, 0.2) is 36.8 Å². The first kappa shape index (κ1) is 21.0. The van der Waals surface area contributed by atoms with Crippen LogP contribution in [0.4, 0.5) is 4.79 Å². The van der Waals surface area contributed by atoms with Gasteiger partial charge in [0.1, 0.15) is 11.1 Å². The van der Waals surface area contributed by atoms with Crippen molar-refractivity contribution in [2.45, 2.75) is 52.2 Å². The number of alkyl carbamates (subject to hydrolysis) is 1. The molecular formula is C22H30N4O3. The molecule has 156 valence electrons. The molecule has 1 N–H and O–H groups in total. The van der Waals surface area contributed by atoms with Crippen molar-refractivity contribution in [1.29, 1.82) is 0 Å². The van der Waals surface area contributed by atoms with E-state index in [2.05, 4.69) is 25.9 Å². The fraction of sp³-hybridized carbons (Fsp3) is 0.500. The molecule has 7 nitrogen and oxygen atoms in total. The Labute approximate surface area is 171 Å². The largest absolute Gasteiger partial charge is 0.444 e. The van der Waals surface area contributed by atoms with Gasteiger partial charge in [-0.25, -0.2) is 9.78 Å². The highest BCUT2D eigenvalue weighted by Crippen LogP contribution is 2.27. The maximum Gasteiger partial charge on any atom is 0.407 e. The number of hydrogen-bond acceptors (Lipinski definition) is 5. The van der Waals surface area contributed by atoms with Gasteiger partial charge in [-0.3, -0.25) is 4.98 Å². The number of benzene rings is 1. The van der Waals surface area contributed by atoms with Gasteiger partial charge in [-0.15, -0.1) is 0 Å². The second-order valence-electron chi connectivity index (χ2n) is 8.05. The van der Waals surface area contributed by atoms with Crippen molar-refractivity contribution in [3.8, 4) is 0 Å². The summed E-state index contributed by atoms with van der Waals surface area (Å²) >= 11 is 0. The lowest BCUT2D eigenvalue weighted by atomic mass is 10.1. The van der Waals surface area contributed by atoms with Crippen LogP contribution in [0.3, 0.4) is 0 Å². The molecule has 0 unspecified atom stereocenters. The number of para-hydroxylation sites is 1. The lowest BCUT2D eigenvalue weighted by Gasteiger charge is -2.21. The maximum absolute atomic E-state index is 11.8. The Kier molecular flexibility index (Phi) is 6.69. The summed E-state index contributed by atoms with van der Waals surface area (Å²) in [5.41, 5.74) is 2.40. The molecule has 0 aliphatic heterocycles. The van der Waals surface area contributed by atoms with Crippen molar-refractivity contribution in [1.82, 2.24) is 19.9 Å². The molecule has 0 saturated carbocycles. The monoisotopic (exact) mass is 398 g/mol. The zero-order valence-electron chi connectivity index (χ0n) is 17.6. The molecule has 0 aliphatic carbocycles. The average Bonchev–Trinajstić information content (AvgIpc) is 3.10. The van der Waals surface area contributed by atoms with Gasteiger partial charge in [-0.2, -0.15) is 0 Å². The number of nitrogens with one attached hydrogen (secondary N) is 1. The summed E-state index contributed by atoms with van der Waals surface area (Å²) in [6.07, 6.45) is 4.95. The molecule has 2 aromatic heterocycles. The van der Waals surface area contributed by atoms with Crippen LogP contribution in [0.25, 0.3) is 21.9 Å². The van der Waals surface area contributed by atoms with E-state index in [-0.39, 0.29) is 12.1 Å². The van der Waals surface area contributed by atoms with Crippen LogP contribution in [0.5, 0.6) is 0 Å².